The minimum absolute atomic E-state index is 1.69. The van der Waals surface area contributed by atoms with Crippen molar-refractivity contribution >= 4 is 0 Å². The van der Waals surface area contributed by atoms with Gasteiger partial charge in [0.05, 0.1) is 0 Å². The monoisotopic (exact) mass is 96.1 g/mol. The lowest BCUT2D eigenvalue weighted by Crippen LogP contribution is -1.53. The van der Waals surface area contributed by atoms with E-state index in [9.17, 15) is 0 Å². The first kappa shape index (κ1) is 5.95. The summed E-state index contributed by atoms with van der Waals surface area (Å²) in [6.07, 6.45) is 3.46. The maximum absolute atomic E-state index is 3.60. The van der Waals surface area contributed by atoms with Crippen molar-refractivity contribution in [3.63, 3.8) is 0 Å². The molecule has 0 spiro atoms. The highest BCUT2D eigenvalue weighted by Crippen LogP contribution is 1.64. The van der Waals surface area contributed by atoms with E-state index in [-0.39, 0.29) is 0 Å². The third-order valence-electron chi connectivity index (χ3n) is 0.406. The average Bonchev–Trinajstić information content (AvgIpc) is 2.23. The lowest BCUT2D eigenvalue weighted by atomic mass is 10.8. The molecule has 0 aliphatic rings. The number of rotatable bonds is 0. The Morgan fingerprint density at radius 3 is 2.29 bits per heavy atom. The van der Waals surface area contributed by atoms with Crippen LogP contribution in [0.3, 0.4) is 0 Å². The Kier molecular flexibility index (Phi) is 4.21. The minimum Gasteiger partial charge on any atom is -0.286 e. The van der Waals surface area contributed by atoms with Crippen LogP contribution in [0, 0.1) is 0 Å². The maximum Gasteiger partial charge on any atom is 0.0487 e. The van der Waals surface area contributed by atoms with Gasteiger partial charge in [-0.25, -0.2) is 0 Å². The van der Waals surface area contributed by atoms with Gasteiger partial charge in [0.25, 0.3) is 0 Å². The highest BCUT2D eigenvalue weighted by Gasteiger charge is 1.56. The van der Waals surface area contributed by atoms with Gasteiger partial charge in [0, 0.05) is 12.4 Å². The lowest BCUT2D eigenvalue weighted by molar-refractivity contribution is 1.09. The number of H-pyrrole nitrogens is 1. The van der Waals surface area contributed by atoms with Crippen molar-refractivity contribution in [2.24, 2.45) is 0 Å². The number of nitrogens with one attached hydrogen (secondary N) is 1. The van der Waals surface area contributed by atoms with Gasteiger partial charge in [0.1, 0.15) is 0 Å². The fraction of sp³-hybridized carbons (Fsp3) is 0. The third-order valence-corrected chi connectivity index (χ3v) is 0.406. The summed E-state index contributed by atoms with van der Waals surface area (Å²) < 4.78 is 0. The highest BCUT2D eigenvalue weighted by molar-refractivity contribution is 4.72. The van der Waals surface area contributed by atoms with Crippen molar-refractivity contribution in [1.29, 1.82) is 0 Å². The second kappa shape index (κ2) is 4.95. The van der Waals surface area contributed by atoms with Gasteiger partial charge in [-0.15, -0.1) is 13.2 Å². The summed E-state index contributed by atoms with van der Waals surface area (Å²) in [5.41, 5.74) is 0. The van der Waals surface area contributed by atoms with Crippen LogP contribution in [0.1, 0.15) is 0 Å². The molecule has 1 aromatic rings. The lowest BCUT2D eigenvalue weighted by Gasteiger charge is -1.49. The molecule has 0 amide bonds. The first-order valence-electron chi connectivity index (χ1n) is 1.94. The van der Waals surface area contributed by atoms with Gasteiger partial charge in [-0.05, 0) is 6.07 Å². The van der Waals surface area contributed by atoms with Crippen molar-refractivity contribution in [3.05, 3.63) is 31.6 Å². The largest absolute Gasteiger partial charge is 0.286 e. The summed E-state index contributed by atoms with van der Waals surface area (Å²) in [5.74, 6) is 0. The highest BCUT2D eigenvalue weighted by atomic mass is 15.1. The van der Waals surface area contributed by atoms with Crippen molar-refractivity contribution in [2.75, 3.05) is 0 Å². The van der Waals surface area contributed by atoms with E-state index in [0.717, 1.165) is 0 Å². The van der Waals surface area contributed by atoms with Gasteiger partial charge >= 0.3 is 0 Å². The Morgan fingerprint density at radius 2 is 2.14 bits per heavy atom. The number of hydrogen-bond donors (Lipinski definition) is 1. The van der Waals surface area contributed by atoms with Crippen LogP contribution in [-0.2, 0) is 0 Å². The summed E-state index contributed by atoms with van der Waals surface area (Å²) in [4.78, 5) is 0. The molecule has 0 aromatic carbocycles. The smallest absolute Gasteiger partial charge is 0.0487 e. The topological polar surface area (TPSA) is 28.7 Å². The predicted octanol–water partition coefficient (Wildman–Crippen LogP) is 1.21. The Morgan fingerprint density at radius 1 is 1.43 bits per heavy atom. The molecule has 1 rings (SSSR count). The summed E-state index contributed by atoms with van der Waals surface area (Å²) in [6, 6.07) is 1.83. The van der Waals surface area contributed by atoms with E-state index in [1.54, 1.807) is 12.4 Å². The zero-order valence-corrected chi connectivity index (χ0v) is 4.09. The minimum atomic E-state index is 1.69. The Balaban J connectivity index is 0.000000162. The van der Waals surface area contributed by atoms with E-state index in [2.05, 4.69) is 23.4 Å². The van der Waals surface area contributed by atoms with E-state index in [1.807, 2.05) is 6.07 Å². The molecule has 1 N–H and O–H groups in total. The zero-order valence-electron chi connectivity index (χ0n) is 4.09. The van der Waals surface area contributed by atoms with E-state index in [4.69, 9.17) is 0 Å². The van der Waals surface area contributed by atoms with Crippen molar-refractivity contribution in [1.82, 2.24) is 10.2 Å². The fourth-order valence-corrected chi connectivity index (χ4v) is 0.215. The van der Waals surface area contributed by atoms with Crippen LogP contribution in [0.25, 0.3) is 0 Å². The van der Waals surface area contributed by atoms with Crippen LogP contribution in [0.5, 0.6) is 0 Å². The van der Waals surface area contributed by atoms with Crippen LogP contribution in [-0.4, -0.2) is 10.2 Å². The normalized spacial score (nSPS) is 6.29. The summed E-state index contributed by atoms with van der Waals surface area (Å²) >= 11 is 0. The maximum atomic E-state index is 3.60. The van der Waals surface area contributed by atoms with Gasteiger partial charge in [-0.2, -0.15) is 5.10 Å². The van der Waals surface area contributed by atoms with Crippen molar-refractivity contribution < 1.29 is 0 Å². The number of hydrogen-bond acceptors (Lipinski definition) is 1. The summed E-state index contributed by atoms with van der Waals surface area (Å²) in [6.45, 7) is 6.00. The average molecular weight is 96.1 g/mol. The molecular formula is C5H8N2. The fourth-order valence-electron chi connectivity index (χ4n) is 0.215. The number of nitrogens with zero attached hydrogens (tertiary/aromatic N) is 1. The van der Waals surface area contributed by atoms with Gasteiger partial charge in [-0.3, -0.25) is 5.10 Å². The molecule has 1 heterocycles. The molecule has 2 nitrogen and oxygen atoms in total. The Hall–Kier alpha value is -1.05. The van der Waals surface area contributed by atoms with Gasteiger partial charge < -0.3 is 0 Å². The zero-order chi connectivity index (χ0) is 5.54. The number of aromatic nitrogens is 2. The van der Waals surface area contributed by atoms with Gasteiger partial charge in [-0.1, -0.05) is 0 Å². The SMILES string of the molecule is C=C.c1cn[nH]c1. The van der Waals surface area contributed by atoms with Crippen LogP contribution < -0.4 is 0 Å². The van der Waals surface area contributed by atoms with Crippen LogP contribution in [0.15, 0.2) is 31.6 Å². The molecule has 0 radical (unpaired) electrons. The molecule has 7 heavy (non-hydrogen) atoms. The van der Waals surface area contributed by atoms with Crippen molar-refractivity contribution in [2.45, 2.75) is 0 Å². The predicted molar refractivity (Wildman–Crippen MR) is 29.8 cm³/mol. The molecule has 0 atom stereocenters. The molecule has 0 bridgehead atoms. The van der Waals surface area contributed by atoms with E-state index in [1.165, 1.54) is 0 Å². The first-order chi connectivity index (χ1) is 3.50. The quantitative estimate of drug-likeness (QED) is 0.483. The van der Waals surface area contributed by atoms with Crippen LogP contribution in [0.2, 0.25) is 0 Å². The van der Waals surface area contributed by atoms with Crippen LogP contribution >= 0.6 is 0 Å². The summed E-state index contributed by atoms with van der Waals surface area (Å²) in [5, 5.41) is 6.21. The second-order valence-electron chi connectivity index (χ2n) is 0.766. The van der Waals surface area contributed by atoms with E-state index in [0.29, 0.717) is 0 Å². The first-order valence-corrected chi connectivity index (χ1v) is 1.94. The molecule has 0 saturated heterocycles. The number of aromatic amines is 1. The Labute approximate surface area is 42.9 Å². The molecule has 2 heteroatoms. The molecule has 0 aliphatic carbocycles. The molecule has 1 aromatic heterocycles. The molecule has 0 fully saturated rings. The molecular weight excluding hydrogens is 88.1 g/mol. The molecule has 38 valence electrons. The van der Waals surface area contributed by atoms with Gasteiger partial charge in [0.2, 0.25) is 0 Å². The van der Waals surface area contributed by atoms with E-state index >= 15 is 0 Å². The summed E-state index contributed by atoms with van der Waals surface area (Å²) in [7, 11) is 0. The van der Waals surface area contributed by atoms with Crippen molar-refractivity contribution in [3.8, 4) is 0 Å². The van der Waals surface area contributed by atoms with Crippen LogP contribution in [0.4, 0.5) is 0 Å². The molecule has 0 aliphatic heterocycles. The molecule has 0 saturated carbocycles. The Bertz CT molecular complexity index is 73.0. The standard InChI is InChI=1S/C3H4N2.C2H4/c1-2-4-5-3-1;1-2/h1-3H,(H,4,5);1-2H2. The molecule has 0 unspecified atom stereocenters. The second-order valence-corrected chi connectivity index (χ2v) is 0.766. The van der Waals surface area contributed by atoms with E-state index < -0.39 is 0 Å². The van der Waals surface area contributed by atoms with Gasteiger partial charge in [0.15, 0.2) is 0 Å². The third kappa shape index (κ3) is 2.76.